The first-order chi connectivity index (χ1) is 6.92. The Morgan fingerprint density at radius 1 is 1.00 bits per heavy atom. The lowest BCUT2D eigenvalue weighted by Gasteiger charge is -2.00. The zero-order valence-electron chi connectivity index (χ0n) is 7.85. The van der Waals surface area contributed by atoms with Gasteiger partial charge in [0, 0.05) is 5.75 Å². The van der Waals surface area contributed by atoms with Crippen molar-refractivity contribution in [3.8, 4) is 0 Å². The lowest BCUT2D eigenvalue weighted by molar-refractivity contribution is 1.70. The van der Waals surface area contributed by atoms with Gasteiger partial charge in [0.2, 0.25) is 0 Å². The number of benzene rings is 2. The summed E-state index contributed by atoms with van der Waals surface area (Å²) >= 11 is 4.16. The first-order valence-corrected chi connectivity index (χ1v) is 5.30. The highest BCUT2D eigenvalue weighted by atomic mass is 32.1. The summed E-state index contributed by atoms with van der Waals surface area (Å²) in [5.74, 6) is 0.781. The molecule has 0 amide bonds. The van der Waals surface area contributed by atoms with Crippen molar-refractivity contribution in [2.45, 2.75) is 0 Å². The lowest BCUT2D eigenvalue weighted by Crippen LogP contribution is -1.77. The Hall–Kier alpha value is -1.21. The fourth-order valence-electron chi connectivity index (χ4n) is 1.58. The SMILES string of the molecule is SCC=Cc1cccc2ccccc12. The highest BCUT2D eigenvalue weighted by molar-refractivity contribution is 7.80. The molecule has 0 bridgehead atoms. The molecule has 70 valence electrons. The Labute approximate surface area is 89.7 Å². The average molecular weight is 200 g/mol. The Balaban J connectivity index is 2.59. The van der Waals surface area contributed by atoms with Crippen LogP contribution in [0.3, 0.4) is 0 Å². The molecule has 0 fully saturated rings. The third-order valence-corrected chi connectivity index (χ3v) is 2.44. The van der Waals surface area contributed by atoms with Crippen molar-refractivity contribution >= 4 is 29.5 Å². The molecule has 0 saturated carbocycles. The van der Waals surface area contributed by atoms with E-state index in [0.717, 1.165) is 5.75 Å². The summed E-state index contributed by atoms with van der Waals surface area (Å²) in [4.78, 5) is 0. The Morgan fingerprint density at radius 2 is 1.79 bits per heavy atom. The molecule has 2 aromatic carbocycles. The number of hydrogen-bond acceptors (Lipinski definition) is 1. The second-order valence-corrected chi connectivity index (χ2v) is 3.52. The molecule has 1 heteroatoms. The summed E-state index contributed by atoms with van der Waals surface area (Å²) in [5, 5.41) is 2.59. The first kappa shape index (κ1) is 9.35. The van der Waals surface area contributed by atoms with Crippen LogP contribution >= 0.6 is 12.6 Å². The smallest absolute Gasteiger partial charge is 0.00858 e. The Bertz CT molecular complexity index is 452. The van der Waals surface area contributed by atoms with Crippen LogP contribution in [0.4, 0.5) is 0 Å². The minimum Gasteiger partial charge on any atom is -0.175 e. The van der Waals surface area contributed by atoms with Gasteiger partial charge in [0.15, 0.2) is 0 Å². The molecule has 2 aromatic rings. The summed E-state index contributed by atoms with van der Waals surface area (Å²) in [7, 11) is 0. The van der Waals surface area contributed by atoms with Gasteiger partial charge in [-0.25, -0.2) is 0 Å². The van der Waals surface area contributed by atoms with Crippen molar-refractivity contribution in [2.75, 3.05) is 5.75 Å². The van der Waals surface area contributed by atoms with Gasteiger partial charge in [0.25, 0.3) is 0 Å². The average Bonchev–Trinajstić information content (AvgIpc) is 2.26. The summed E-state index contributed by atoms with van der Waals surface area (Å²) < 4.78 is 0. The summed E-state index contributed by atoms with van der Waals surface area (Å²) in [5.41, 5.74) is 1.26. The predicted octanol–water partition coefficient (Wildman–Crippen LogP) is 3.78. The molecule has 0 atom stereocenters. The zero-order valence-corrected chi connectivity index (χ0v) is 8.74. The van der Waals surface area contributed by atoms with Crippen molar-refractivity contribution < 1.29 is 0 Å². The minimum absolute atomic E-state index is 0.781. The maximum atomic E-state index is 4.16. The van der Waals surface area contributed by atoms with Gasteiger partial charge < -0.3 is 0 Å². The van der Waals surface area contributed by atoms with Crippen LogP contribution in [0, 0.1) is 0 Å². The van der Waals surface area contributed by atoms with E-state index in [1.54, 1.807) is 0 Å². The highest BCUT2D eigenvalue weighted by Crippen LogP contribution is 2.19. The van der Waals surface area contributed by atoms with E-state index >= 15 is 0 Å². The molecule has 0 saturated heterocycles. The maximum Gasteiger partial charge on any atom is 0.00858 e. The van der Waals surface area contributed by atoms with Crippen LogP contribution in [0.25, 0.3) is 16.8 Å². The molecular formula is C13H12S. The molecule has 0 aromatic heterocycles. The molecule has 0 spiro atoms. The van der Waals surface area contributed by atoms with Gasteiger partial charge in [0.05, 0.1) is 0 Å². The van der Waals surface area contributed by atoms with E-state index in [1.807, 2.05) is 0 Å². The third kappa shape index (κ3) is 1.83. The molecular weight excluding hydrogens is 188 g/mol. The fourth-order valence-corrected chi connectivity index (χ4v) is 1.68. The monoisotopic (exact) mass is 200 g/mol. The van der Waals surface area contributed by atoms with Crippen LogP contribution in [0.2, 0.25) is 0 Å². The van der Waals surface area contributed by atoms with Gasteiger partial charge in [-0.2, -0.15) is 12.6 Å². The number of rotatable bonds is 2. The van der Waals surface area contributed by atoms with Crippen molar-refractivity contribution in [2.24, 2.45) is 0 Å². The zero-order chi connectivity index (χ0) is 9.80. The Morgan fingerprint density at radius 3 is 2.64 bits per heavy atom. The van der Waals surface area contributed by atoms with E-state index in [0.29, 0.717) is 0 Å². The van der Waals surface area contributed by atoms with Gasteiger partial charge in [0.1, 0.15) is 0 Å². The standard InChI is InChI=1S/C13H12S/c14-10-4-8-12-7-3-6-11-5-1-2-9-13(11)12/h1-9,14H,10H2. The van der Waals surface area contributed by atoms with Gasteiger partial charge in [-0.15, -0.1) is 0 Å². The molecule has 14 heavy (non-hydrogen) atoms. The molecule has 2 rings (SSSR count). The minimum atomic E-state index is 0.781. The highest BCUT2D eigenvalue weighted by Gasteiger charge is 1.94. The molecule has 0 heterocycles. The van der Waals surface area contributed by atoms with Crippen molar-refractivity contribution in [1.29, 1.82) is 0 Å². The van der Waals surface area contributed by atoms with Crippen LogP contribution in [0.15, 0.2) is 48.5 Å². The molecule has 0 aliphatic carbocycles. The van der Waals surface area contributed by atoms with E-state index in [2.05, 4.69) is 67.2 Å². The summed E-state index contributed by atoms with van der Waals surface area (Å²) in [6.45, 7) is 0. The first-order valence-electron chi connectivity index (χ1n) is 4.67. The second kappa shape index (κ2) is 4.34. The van der Waals surface area contributed by atoms with E-state index in [9.17, 15) is 0 Å². The predicted molar refractivity (Wildman–Crippen MR) is 66.8 cm³/mol. The normalized spacial score (nSPS) is 11.2. The number of fused-ring (bicyclic) bond motifs is 1. The van der Waals surface area contributed by atoms with Crippen molar-refractivity contribution in [1.82, 2.24) is 0 Å². The molecule has 0 nitrogen and oxygen atoms in total. The fraction of sp³-hybridized carbons (Fsp3) is 0.0769. The second-order valence-electron chi connectivity index (χ2n) is 3.15. The van der Waals surface area contributed by atoms with E-state index in [4.69, 9.17) is 0 Å². The van der Waals surface area contributed by atoms with E-state index in [-0.39, 0.29) is 0 Å². The van der Waals surface area contributed by atoms with Crippen LogP contribution in [0.1, 0.15) is 5.56 Å². The number of thiol groups is 1. The molecule has 0 aliphatic rings. The van der Waals surface area contributed by atoms with Crippen LogP contribution in [0.5, 0.6) is 0 Å². The van der Waals surface area contributed by atoms with Crippen LogP contribution < -0.4 is 0 Å². The summed E-state index contributed by atoms with van der Waals surface area (Å²) in [6.07, 6.45) is 4.18. The Kier molecular flexibility index (Phi) is 2.90. The van der Waals surface area contributed by atoms with Crippen LogP contribution in [-0.4, -0.2) is 5.75 Å². The molecule has 0 N–H and O–H groups in total. The summed E-state index contributed by atoms with van der Waals surface area (Å²) in [6, 6.07) is 14.8. The molecule has 0 aliphatic heterocycles. The van der Waals surface area contributed by atoms with Gasteiger partial charge in [-0.1, -0.05) is 54.6 Å². The topological polar surface area (TPSA) is 0 Å². The van der Waals surface area contributed by atoms with Gasteiger partial charge in [-0.3, -0.25) is 0 Å². The quantitative estimate of drug-likeness (QED) is 0.701. The third-order valence-electron chi connectivity index (χ3n) is 2.23. The van der Waals surface area contributed by atoms with Gasteiger partial charge in [-0.05, 0) is 16.3 Å². The largest absolute Gasteiger partial charge is 0.175 e. The maximum absolute atomic E-state index is 4.16. The molecule has 0 unspecified atom stereocenters. The van der Waals surface area contributed by atoms with Gasteiger partial charge >= 0.3 is 0 Å². The van der Waals surface area contributed by atoms with E-state index in [1.165, 1.54) is 16.3 Å². The van der Waals surface area contributed by atoms with Crippen LogP contribution in [-0.2, 0) is 0 Å². The number of hydrogen-bond donors (Lipinski definition) is 1. The lowest BCUT2D eigenvalue weighted by atomic mass is 10.0. The molecule has 0 radical (unpaired) electrons. The van der Waals surface area contributed by atoms with Crippen molar-refractivity contribution in [3.63, 3.8) is 0 Å². The van der Waals surface area contributed by atoms with Crippen molar-refractivity contribution in [3.05, 3.63) is 54.1 Å². The van der Waals surface area contributed by atoms with E-state index < -0.39 is 0 Å².